The van der Waals surface area contributed by atoms with Gasteiger partial charge in [-0.2, -0.15) is 0 Å². The summed E-state index contributed by atoms with van der Waals surface area (Å²) in [6.45, 7) is 10.4. The van der Waals surface area contributed by atoms with Gasteiger partial charge in [0, 0.05) is 12.8 Å². The van der Waals surface area contributed by atoms with E-state index in [1.807, 2.05) is 6.92 Å². The van der Waals surface area contributed by atoms with Crippen molar-refractivity contribution < 1.29 is 10.2 Å². The molecule has 0 radical (unpaired) electrons. The van der Waals surface area contributed by atoms with Crippen LogP contribution in [-0.2, 0) is 0 Å². The largest absolute Gasteiger partial charge is 0.366 e. The molecule has 0 aliphatic rings. The zero-order chi connectivity index (χ0) is 10.7. The highest BCUT2D eigenvalue weighted by Crippen LogP contribution is 2.32. The smallest absolute Gasteiger partial charge is 0.162 e. The van der Waals surface area contributed by atoms with Gasteiger partial charge in [-0.1, -0.05) is 41.0 Å². The number of aliphatic hydroxyl groups is 2. The highest BCUT2D eigenvalue weighted by molar-refractivity contribution is 4.76. The van der Waals surface area contributed by atoms with Gasteiger partial charge in [-0.3, -0.25) is 0 Å². The third-order valence-corrected chi connectivity index (χ3v) is 2.76. The molecular formula is C11H24O2. The highest BCUT2D eigenvalue weighted by Gasteiger charge is 2.30. The van der Waals surface area contributed by atoms with Crippen molar-refractivity contribution in [2.45, 2.75) is 59.7 Å². The first-order valence-electron chi connectivity index (χ1n) is 5.14. The van der Waals surface area contributed by atoms with Gasteiger partial charge in [0.15, 0.2) is 5.79 Å². The van der Waals surface area contributed by atoms with Gasteiger partial charge in [-0.15, -0.1) is 0 Å². The minimum absolute atomic E-state index is 0.143. The van der Waals surface area contributed by atoms with Gasteiger partial charge < -0.3 is 10.2 Å². The molecule has 2 nitrogen and oxygen atoms in total. The molecule has 2 N–H and O–H groups in total. The Morgan fingerprint density at radius 2 is 1.62 bits per heavy atom. The molecule has 13 heavy (non-hydrogen) atoms. The van der Waals surface area contributed by atoms with E-state index in [-0.39, 0.29) is 5.41 Å². The molecule has 2 heteroatoms. The van der Waals surface area contributed by atoms with E-state index < -0.39 is 5.79 Å². The van der Waals surface area contributed by atoms with E-state index >= 15 is 0 Å². The fourth-order valence-electron chi connectivity index (χ4n) is 1.30. The third kappa shape index (κ3) is 5.27. The van der Waals surface area contributed by atoms with Gasteiger partial charge in [0.1, 0.15) is 0 Å². The second-order valence-electron chi connectivity index (χ2n) is 5.20. The molecule has 0 amide bonds. The number of hydrogen-bond acceptors (Lipinski definition) is 2. The molecule has 0 bridgehead atoms. The Bertz CT molecular complexity index is 145. The molecule has 1 unspecified atom stereocenters. The first-order chi connectivity index (χ1) is 5.69. The van der Waals surface area contributed by atoms with Crippen LogP contribution in [0.25, 0.3) is 0 Å². The van der Waals surface area contributed by atoms with Crippen LogP contribution in [-0.4, -0.2) is 16.0 Å². The van der Waals surface area contributed by atoms with Crippen molar-refractivity contribution in [1.29, 1.82) is 0 Å². The van der Waals surface area contributed by atoms with Gasteiger partial charge in [0.2, 0.25) is 0 Å². The van der Waals surface area contributed by atoms with E-state index in [9.17, 15) is 10.2 Å². The molecule has 0 rings (SSSR count). The molecule has 0 saturated carbocycles. The van der Waals surface area contributed by atoms with Crippen LogP contribution in [0, 0.1) is 11.3 Å². The quantitative estimate of drug-likeness (QED) is 0.666. The van der Waals surface area contributed by atoms with Crippen LogP contribution in [0.1, 0.15) is 53.9 Å². The van der Waals surface area contributed by atoms with Gasteiger partial charge in [0.05, 0.1) is 0 Å². The minimum atomic E-state index is -1.47. The third-order valence-electron chi connectivity index (χ3n) is 2.76. The molecule has 1 atom stereocenters. The first kappa shape index (κ1) is 12.9. The van der Waals surface area contributed by atoms with Crippen LogP contribution in [0.2, 0.25) is 0 Å². The molecule has 0 aromatic rings. The minimum Gasteiger partial charge on any atom is -0.366 e. The van der Waals surface area contributed by atoms with E-state index in [0.717, 1.165) is 6.42 Å². The van der Waals surface area contributed by atoms with Crippen LogP contribution in [0.3, 0.4) is 0 Å². The van der Waals surface area contributed by atoms with Crippen molar-refractivity contribution in [2.24, 2.45) is 11.3 Å². The fraction of sp³-hybridized carbons (Fsp3) is 1.00. The molecule has 0 saturated heterocycles. The van der Waals surface area contributed by atoms with Crippen molar-refractivity contribution >= 4 is 0 Å². The lowest BCUT2D eigenvalue weighted by Crippen LogP contribution is -2.34. The Hall–Kier alpha value is -0.0800. The Morgan fingerprint density at radius 1 is 1.15 bits per heavy atom. The summed E-state index contributed by atoms with van der Waals surface area (Å²) >= 11 is 0. The molecule has 0 aliphatic heterocycles. The lowest BCUT2D eigenvalue weighted by Gasteiger charge is -2.32. The van der Waals surface area contributed by atoms with E-state index in [1.54, 1.807) is 0 Å². The van der Waals surface area contributed by atoms with Crippen LogP contribution >= 0.6 is 0 Å². The van der Waals surface area contributed by atoms with Gasteiger partial charge in [-0.25, -0.2) is 0 Å². The predicted octanol–water partition coefficient (Wildman–Crippen LogP) is 2.54. The highest BCUT2D eigenvalue weighted by atomic mass is 16.5. The van der Waals surface area contributed by atoms with Crippen molar-refractivity contribution in [3.8, 4) is 0 Å². The second kappa shape index (κ2) is 4.43. The monoisotopic (exact) mass is 188 g/mol. The van der Waals surface area contributed by atoms with Gasteiger partial charge in [0.25, 0.3) is 0 Å². The standard InChI is InChI=1S/C11H24O2/c1-6-7-11(12,13)8-9(2)10(3,4)5/h9,12-13H,6-8H2,1-5H3. The van der Waals surface area contributed by atoms with Crippen molar-refractivity contribution in [3.05, 3.63) is 0 Å². The van der Waals surface area contributed by atoms with E-state index in [0.29, 0.717) is 18.8 Å². The summed E-state index contributed by atoms with van der Waals surface area (Å²) in [6.07, 6.45) is 1.74. The molecule has 0 aliphatic carbocycles. The second-order valence-corrected chi connectivity index (χ2v) is 5.20. The molecule has 0 fully saturated rings. The topological polar surface area (TPSA) is 40.5 Å². The first-order valence-corrected chi connectivity index (χ1v) is 5.14. The van der Waals surface area contributed by atoms with Gasteiger partial charge in [-0.05, 0) is 11.3 Å². The summed E-state index contributed by atoms with van der Waals surface area (Å²) in [4.78, 5) is 0. The lowest BCUT2D eigenvalue weighted by atomic mass is 9.77. The zero-order valence-electron chi connectivity index (χ0n) is 9.59. The molecule has 80 valence electrons. The summed E-state index contributed by atoms with van der Waals surface area (Å²) in [7, 11) is 0. The fourth-order valence-corrected chi connectivity index (χ4v) is 1.30. The summed E-state index contributed by atoms with van der Waals surface area (Å²) in [6, 6.07) is 0. The molecule has 0 aromatic heterocycles. The summed E-state index contributed by atoms with van der Waals surface area (Å²) in [5, 5.41) is 19.2. The molecular weight excluding hydrogens is 164 g/mol. The Kier molecular flexibility index (Phi) is 4.40. The lowest BCUT2D eigenvalue weighted by molar-refractivity contribution is -0.182. The Balaban J connectivity index is 4.11. The van der Waals surface area contributed by atoms with Crippen LogP contribution < -0.4 is 0 Å². The van der Waals surface area contributed by atoms with Crippen molar-refractivity contribution in [3.63, 3.8) is 0 Å². The molecule has 0 spiro atoms. The van der Waals surface area contributed by atoms with E-state index in [1.165, 1.54) is 0 Å². The van der Waals surface area contributed by atoms with E-state index in [4.69, 9.17) is 0 Å². The number of rotatable bonds is 4. The molecule has 0 aromatic carbocycles. The maximum absolute atomic E-state index is 9.60. The average molecular weight is 188 g/mol. The normalized spacial score (nSPS) is 15.9. The maximum atomic E-state index is 9.60. The predicted molar refractivity (Wildman–Crippen MR) is 55.3 cm³/mol. The van der Waals surface area contributed by atoms with Crippen LogP contribution in [0.15, 0.2) is 0 Å². The Labute approximate surface area is 82.0 Å². The zero-order valence-corrected chi connectivity index (χ0v) is 9.59. The molecule has 0 heterocycles. The number of hydrogen-bond donors (Lipinski definition) is 2. The van der Waals surface area contributed by atoms with E-state index in [2.05, 4.69) is 27.7 Å². The van der Waals surface area contributed by atoms with Crippen molar-refractivity contribution in [1.82, 2.24) is 0 Å². The average Bonchev–Trinajstić information content (AvgIpc) is 1.83. The van der Waals surface area contributed by atoms with Crippen LogP contribution in [0.4, 0.5) is 0 Å². The van der Waals surface area contributed by atoms with Gasteiger partial charge >= 0.3 is 0 Å². The SMILES string of the molecule is CCCC(O)(O)CC(C)C(C)(C)C. The summed E-state index contributed by atoms with van der Waals surface area (Å²) in [5.41, 5.74) is 0.143. The Morgan fingerprint density at radius 3 is 1.92 bits per heavy atom. The summed E-state index contributed by atoms with van der Waals surface area (Å²) in [5.74, 6) is -1.16. The maximum Gasteiger partial charge on any atom is 0.162 e. The van der Waals surface area contributed by atoms with Crippen molar-refractivity contribution in [2.75, 3.05) is 0 Å². The van der Waals surface area contributed by atoms with Crippen LogP contribution in [0.5, 0.6) is 0 Å². The summed E-state index contributed by atoms with van der Waals surface area (Å²) < 4.78 is 0.